The van der Waals surface area contributed by atoms with E-state index < -0.39 is 10.0 Å². The van der Waals surface area contributed by atoms with Crippen molar-refractivity contribution >= 4 is 16.1 Å². The summed E-state index contributed by atoms with van der Waals surface area (Å²) in [6, 6.07) is 3.66. The summed E-state index contributed by atoms with van der Waals surface area (Å²) in [7, 11) is -3.23. The van der Waals surface area contributed by atoms with Gasteiger partial charge < -0.3 is 15.4 Å². The van der Waals surface area contributed by atoms with Gasteiger partial charge >= 0.3 is 6.03 Å². The lowest BCUT2D eigenvalue weighted by Crippen LogP contribution is -2.41. The Bertz CT molecular complexity index is 859. The Hall–Kier alpha value is -1.75. The summed E-state index contributed by atoms with van der Waals surface area (Å²) in [5.74, 6) is 0. The monoisotopic (exact) mass is 537 g/mol. The van der Waals surface area contributed by atoms with Crippen molar-refractivity contribution in [1.82, 2.24) is 25.2 Å². The van der Waals surface area contributed by atoms with Crippen LogP contribution in [0.15, 0.2) is 24.5 Å². The van der Waals surface area contributed by atoms with Crippen molar-refractivity contribution in [3.05, 3.63) is 30.1 Å². The first kappa shape index (κ1) is 29.8. The van der Waals surface area contributed by atoms with E-state index in [1.54, 1.807) is 12.4 Å². The van der Waals surface area contributed by atoms with Gasteiger partial charge in [0.15, 0.2) is 0 Å². The van der Waals surface area contributed by atoms with E-state index in [9.17, 15) is 13.2 Å². The van der Waals surface area contributed by atoms with Gasteiger partial charge in [0.2, 0.25) is 10.0 Å². The quantitative estimate of drug-likeness (QED) is 0.262. The number of hydrogen-bond acceptors (Lipinski definition) is 6. The van der Waals surface area contributed by atoms with Crippen molar-refractivity contribution in [3.63, 3.8) is 0 Å². The van der Waals surface area contributed by atoms with Gasteiger partial charge in [-0.3, -0.25) is 9.88 Å². The third-order valence-corrected chi connectivity index (χ3v) is 9.40. The number of rotatable bonds is 17. The predicted octanol–water partition coefficient (Wildman–Crippen LogP) is 3.56. The third kappa shape index (κ3) is 12.1. The van der Waals surface area contributed by atoms with Gasteiger partial charge in [0.25, 0.3) is 0 Å². The highest BCUT2D eigenvalue weighted by atomic mass is 32.2. The van der Waals surface area contributed by atoms with Crippen molar-refractivity contribution in [2.75, 3.05) is 39.4 Å². The van der Waals surface area contributed by atoms with Crippen LogP contribution in [0.3, 0.4) is 0 Å². The molecule has 0 spiro atoms. The molecule has 1 saturated heterocycles. The molecular weight excluding hydrogens is 490 g/mol. The van der Waals surface area contributed by atoms with E-state index in [0.717, 1.165) is 115 Å². The van der Waals surface area contributed by atoms with Crippen LogP contribution in [0.1, 0.15) is 82.6 Å². The van der Waals surface area contributed by atoms with E-state index >= 15 is 0 Å². The van der Waals surface area contributed by atoms with Gasteiger partial charge in [0.1, 0.15) is 0 Å². The van der Waals surface area contributed by atoms with Gasteiger partial charge in [0, 0.05) is 44.6 Å². The molecule has 0 radical (unpaired) electrons. The molecule has 3 rings (SSSR count). The van der Waals surface area contributed by atoms with Gasteiger partial charge in [-0.15, -0.1) is 0 Å². The first-order chi connectivity index (χ1) is 18.0. The molecule has 1 aliphatic heterocycles. The minimum atomic E-state index is -3.23. The zero-order valence-electron chi connectivity index (χ0n) is 22.3. The normalized spacial score (nSPS) is 18.1. The van der Waals surface area contributed by atoms with Gasteiger partial charge in [0.05, 0.1) is 18.5 Å². The maximum Gasteiger partial charge on any atom is 0.315 e. The number of hydrogen-bond donors (Lipinski definition) is 3. The fourth-order valence-corrected chi connectivity index (χ4v) is 7.02. The van der Waals surface area contributed by atoms with E-state index in [1.165, 1.54) is 0 Å². The molecule has 3 N–H and O–H groups in total. The molecule has 2 heterocycles. The zero-order chi connectivity index (χ0) is 26.2. The molecule has 0 aromatic carbocycles. The molecule has 9 nitrogen and oxygen atoms in total. The fourth-order valence-electron chi connectivity index (χ4n) is 5.17. The minimum absolute atomic E-state index is 0.0248. The Morgan fingerprint density at radius 1 is 1.03 bits per heavy atom. The number of amides is 2. The molecule has 1 unspecified atom stereocenters. The van der Waals surface area contributed by atoms with E-state index in [0.29, 0.717) is 13.1 Å². The Labute approximate surface area is 223 Å². The van der Waals surface area contributed by atoms with Crippen LogP contribution in [0.2, 0.25) is 0 Å². The summed E-state index contributed by atoms with van der Waals surface area (Å²) in [5, 5.41) is 5.54. The molecule has 1 aliphatic carbocycles. The van der Waals surface area contributed by atoms with Gasteiger partial charge in [-0.25, -0.2) is 17.9 Å². The number of morpholine rings is 1. The average molecular weight is 538 g/mol. The van der Waals surface area contributed by atoms with E-state index in [-0.39, 0.29) is 17.3 Å². The lowest BCUT2D eigenvalue weighted by molar-refractivity contribution is 0.0369. The lowest BCUT2D eigenvalue weighted by atomic mass is 10.0. The summed E-state index contributed by atoms with van der Waals surface area (Å²) < 4.78 is 34.4. The van der Waals surface area contributed by atoms with Crippen LogP contribution in [0.5, 0.6) is 0 Å². The van der Waals surface area contributed by atoms with E-state index in [1.807, 2.05) is 12.1 Å². The van der Waals surface area contributed by atoms with Crippen molar-refractivity contribution in [1.29, 1.82) is 0 Å². The summed E-state index contributed by atoms with van der Waals surface area (Å²) in [6.07, 6.45) is 15.1. The van der Waals surface area contributed by atoms with Crippen molar-refractivity contribution in [2.45, 2.75) is 94.9 Å². The van der Waals surface area contributed by atoms with Crippen LogP contribution in [0.25, 0.3) is 0 Å². The highest BCUT2D eigenvalue weighted by molar-refractivity contribution is 7.90. The molecule has 1 aromatic rings. The molecule has 210 valence electrons. The number of nitrogens with one attached hydrogen (secondary N) is 3. The van der Waals surface area contributed by atoms with E-state index in [2.05, 4.69) is 25.2 Å². The second kappa shape index (κ2) is 17.0. The third-order valence-electron chi connectivity index (χ3n) is 7.39. The maximum absolute atomic E-state index is 12.9. The molecular formula is C27H47N5O4S. The van der Waals surface area contributed by atoms with Crippen LogP contribution in [-0.4, -0.2) is 75.0 Å². The van der Waals surface area contributed by atoms with Crippen molar-refractivity contribution in [2.24, 2.45) is 0 Å². The number of carbonyl (C=O) groups excluding carboxylic acids is 1. The molecule has 1 saturated carbocycles. The smallest absolute Gasteiger partial charge is 0.315 e. The molecule has 1 aromatic heterocycles. The summed E-state index contributed by atoms with van der Waals surface area (Å²) in [6.45, 7) is 5.67. The van der Waals surface area contributed by atoms with Crippen molar-refractivity contribution < 1.29 is 17.9 Å². The minimum Gasteiger partial charge on any atom is -0.379 e. The van der Waals surface area contributed by atoms with Gasteiger partial charge in [-0.1, -0.05) is 44.6 Å². The molecule has 37 heavy (non-hydrogen) atoms. The van der Waals surface area contributed by atoms with Crippen molar-refractivity contribution in [3.8, 4) is 0 Å². The summed E-state index contributed by atoms with van der Waals surface area (Å²) in [4.78, 5) is 18.4. The van der Waals surface area contributed by atoms with E-state index in [4.69, 9.17) is 4.74 Å². The molecule has 1 atom stereocenters. The highest BCUT2D eigenvalue weighted by Gasteiger charge is 2.30. The standard InChI is InChI=1S/C27H47N5O4S/c33-27(30-23-24-10-8-15-28-22-24)29-16-7-3-1-2-4-11-25(12-9-17-32-18-20-36-21-19-32)31-37(34,35)26-13-5-6-14-26/h8,10,15,22,25-26,31H,1-7,9,11-14,16-21,23H2,(H2,29,30,33). The van der Waals surface area contributed by atoms with Gasteiger partial charge in [-0.2, -0.15) is 0 Å². The van der Waals surface area contributed by atoms with Crippen LogP contribution < -0.4 is 15.4 Å². The number of urea groups is 1. The number of pyridine rings is 1. The lowest BCUT2D eigenvalue weighted by Gasteiger charge is -2.27. The number of unbranched alkanes of at least 4 members (excludes halogenated alkanes) is 4. The van der Waals surface area contributed by atoms with Crippen LogP contribution in [0.4, 0.5) is 4.79 Å². The zero-order valence-corrected chi connectivity index (χ0v) is 23.2. The number of carbonyl (C=O) groups is 1. The molecule has 2 fully saturated rings. The Morgan fingerprint density at radius 3 is 2.51 bits per heavy atom. The number of nitrogens with zero attached hydrogens (tertiary/aromatic N) is 2. The fraction of sp³-hybridized carbons (Fsp3) is 0.778. The Morgan fingerprint density at radius 2 is 1.76 bits per heavy atom. The second-order valence-corrected chi connectivity index (χ2v) is 12.4. The Kier molecular flexibility index (Phi) is 13.7. The number of sulfonamides is 1. The highest BCUT2D eigenvalue weighted by Crippen LogP contribution is 2.25. The molecule has 2 amide bonds. The Balaban J connectivity index is 1.27. The molecule has 0 bridgehead atoms. The maximum atomic E-state index is 12.9. The van der Waals surface area contributed by atoms with Crippen LogP contribution in [-0.2, 0) is 21.3 Å². The molecule has 2 aliphatic rings. The second-order valence-electron chi connectivity index (χ2n) is 10.4. The molecule has 10 heteroatoms. The first-order valence-corrected chi connectivity index (χ1v) is 15.8. The van der Waals surface area contributed by atoms with Crippen LogP contribution >= 0.6 is 0 Å². The summed E-state index contributed by atoms with van der Waals surface area (Å²) in [5.41, 5.74) is 0.975. The topological polar surface area (TPSA) is 113 Å². The SMILES string of the molecule is O=C(NCCCCCCCC(CCCN1CCOCC1)NS(=O)(=O)C1CCCC1)NCc1cccnc1. The number of ether oxygens (including phenoxy) is 1. The predicted molar refractivity (Wildman–Crippen MR) is 147 cm³/mol. The summed E-state index contributed by atoms with van der Waals surface area (Å²) >= 11 is 0. The number of aromatic nitrogens is 1. The largest absolute Gasteiger partial charge is 0.379 e. The first-order valence-electron chi connectivity index (χ1n) is 14.2. The average Bonchev–Trinajstić information content (AvgIpc) is 3.46. The van der Waals surface area contributed by atoms with Gasteiger partial charge in [-0.05, 0) is 56.7 Å². The van der Waals surface area contributed by atoms with Crippen LogP contribution in [0, 0.1) is 0 Å².